The molecule has 0 bridgehead atoms. The van der Waals surface area contributed by atoms with Crippen molar-refractivity contribution in [3.8, 4) is 0 Å². The number of hydrogen-bond acceptors (Lipinski definition) is 2. The molecule has 2 aromatic rings. The van der Waals surface area contributed by atoms with Crippen molar-refractivity contribution >= 4 is 16.8 Å². The molecule has 4 heteroatoms. The highest BCUT2D eigenvalue weighted by Gasteiger charge is 2.22. The Labute approximate surface area is 118 Å². The van der Waals surface area contributed by atoms with E-state index in [4.69, 9.17) is 4.74 Å². The average Bonchev–Trinajstić information content (AvgIpc) is 2.96. The van der Waals surface area contributed by atoms with Crippen LogP contribution in [0.4, 0.5) is 0 Å². The van der Waals surface area contributed by atoms with Crippen LogP contribution in [0.3, 0.4) is 0 Å². The molecule has 0 saturated carbocycles. The van der Waals surface area contributed by atoms with Gasteiger partial charge in [-0.1, -0.05) is 12.1 Å². The van der Waals surface area contributed by atoms with Crippen LogP contribution >= 0.6 is 0 Å². The monoisotopic (exact) mass is 272 g/mol. The van der Waals surface area contributed by atoms with Crippen molar-refractivity contribution < 1.29 is 9.53 Å². The lowest BCUT2D eigenvalue weighted by Crippen LogP contribution is -2.40. The quantitative estimate of drug-likeness (QED) is 0.902. The second-order valence-electron chi connectivity index (χ2n) is 5.46. The van der Waals surface area contributed by atoms with Gasteiger partial charge in [-0.05, 0) is 37.8 Å². The molecule has 1 aliphatic rings. The maximum absolute atomic E-state index is 12.4. The summed E-state index contributed by atoms with van der Waals surface area (Å²) in [6.45, 7) is 3.69. The van der Waals surface area contributed by atoms with Crippen LogP contribution in [0.1, 0.15) is 30.1 Å². The minimum atomic E-state index is -0.00274. The fourth-order valence-electron chi connectivity index (χ4n) is 2.89. The van der Waals surface area contributed by atoms with Gasteiger partial charge < -0.3 is 15.0 Å². The second kappa shape index (κ2) is 5.67. The zero-order valence-electron chi connectivity index (χ0n) is 11.7. The predicted octanol–water partition coefficient (Wildman–Crippen LogP) is 2.71. The third-order valence-corrected chi connectivity index (χ3v) is 4.16. The van der Waals surface area contributed by atoms with E-state index < -0.39 is 0 Å². The third kappa shape index (κ3) is 2.56. The maximum Gasteiger partial charge on any atom is 0.253 e. The highest BCUT2D eigenvalue weighted by atomic mass is 16.5. The maximum atomic E-state index is 12.4. The number of rotatable bonds is 3. The molecule has 0 spiro atoms. The Kier molecular flexibility index (Phi) is 3.74. The number of nitrogens with one attached hydrogen (secondary N) is 2. The molecule has 0 aliphatic carbocycles. The number of fused-ring (bicyclic) bond motifs is 1. The van der Waals surface area contributed by atoms with E-state index >= 15 is 0 Å². The molecule has 20 heavy (non-hydrogen) atoms. The molecule has 1 amide bonds. The van der Waals surface area contributed by atoms with E-state index in [-0.39, 0.29) is 11.9 Å². The van der Waals surface area contributed by atoms with E-state index in [0.717, 1.165) is 37.0 Å². The topological polar surface area (TPSA) is 54.1 Å². The number of benzene rings is 1. The number of carbonyl (C=O) groups is 1. The average molecular weight is 272 g/mol. The molecule has 2 N–H and O–H groups in total. The fourth-order valence-corrected chi connectivity index (χ4v) is 2.89. The molecular weight excluding hydrogens is 252 g/mol. The molecule has 1 fully saturated rings. The van der Waals surface area contributed by atoms with Gasteiger partial charge in [0.15, 0.2) is 0 Å². The van der Waals surface area contributed by atoms with Gasteiger partial charge in [-0.15, -0.1) is 0 Å². The summed E-state index contributed by atoms with van der Waals surface area (Å²) < 4.78 is 5.37. The summed E-state index contributed by atoms with van der Waals surface area (Å²) in [6.07, 6.45) is 3.91. The fraction of sp³-hybridized carbons (Fsp3) is 0.438. The Bertz CT molecular complexity index is 599. The zero-order chi connectivity index (χ0) is 13.9. The van der Waals surface area contributed by atoms with Crippen molar-refractivity contribution in [3.05, 3.63) is 36.0 Å². The number of carbonyl (C=O) groups excluding carboxylic acids is 1. The van der Waals surface area contributed by atoms with Crippen LogP contribution in [0, 0.1) is 5.92 Å². The van der Waals surface area contributed by atoms with Gasteiger partial charge in [0.2, 0.25) is 0 Å². The summed E-state index contributed by atoms with van der Waals surface area (Å²) >= 11 is 0. The lowest BCUT2D eigenvalue weighted by Gasteiger charge is -2.28. The first-order chi connectivity index (χ1) is 9.75. The lowest BCUT2D eigenvalue weighted by atomic mass is 9.92. The molecule has 1 saturated heterocycles. The first-order valence-corrected chi connectivity index (χ1v) is 7.20. The summed E-state index contributed by atoms with van der Waals surface area (Å²) in [7, 11) is 0. The zero-order valence-corrected chi connectivity index (χ0v) is 11.7. The SMILES string of the molecule is CC(NC(=O)c1cccc2cc[nH]c12)C1CCOCC1. The molecule has 1 atom stereocenters. The number of amides is 1. The standard InChI is InChI=1S/C16H20N2O2/c1-11(12-6-9-20-10-7-12)18-16(19)14-4-2-3-13-5-8-17-15(13)14/h2-5,8,11-12,17H,6-7,9-10H2,1H3,(H,18,19). The molecule has 1 aromatic heterocycles. The largest absolute Gasteiger partial charge is 0.381 e. The lowest BCUT2D eigenvalue weighted by molar-refractivity contribution is 0.0538. The van der Waals surface area contributed by atoms with Crippen LogP contribution < -0.4 is 5.32 Å². The highest BCUT2D eigenvalue weighted by molar-refractivity contribution is 6.05. The molecule has 0 radical (unpaired) electrons. The molecule has 2 heterocycles. The van der Waals surface area contributed by atoms with Gasteiger partial charge in [0, 0.05) is 30.8 Å². The minimum absolute atomic E-state index is 0.00274. The van der Waals surface area contributed by atoms with Gasteiger partial charge >= 0.3 is 0 Å². The smallest absolute Gasteiger partial charge is 0.253 e. The summed E-state index contributed by atoms with van der Waals surface area (Å²) in [5, 5.41) is 4.20. The van der Waals surface area contributed by atoms with Gasteiger partial charge in [0.05, 0.1) is 11.1 Å². The number of hydrogen-bond donors (Lipinski definition) is 2. The Morgan fingerprint density at radius 2 is 2.15 bits per heavy atom. The molecule has 1 aliphatic heterocycles. The number of ether oxygens (including phenoxy) is 1. The summed E-state index contributed by atoms with van der Waals surface area (Å²) in [6, 6.07) is 7.95. The first kappa shape index (κ1) is 13.2. The van der Waals surface area contributed by atoms with E-state index in [0.29, 0.717) is 11.5 Å². The van der Waals surface area contributed by atoms with E-state index in [1.165, 1.54) is 0 Å². The van der Waals surface area contributed by atoms with Crippen molar-refractivity contribution in [2.24, 2.45) is 5.92 Å². The number of aromatic nitrogens is 1. The summed E-state index contributed by atoms with van der Waals surface area (Å²) in [4.78, 5) is 15.6. The van der Waals surface area contributed by atoms with Gasteiger partial charge in [-0.2, -0.15) is 0 Å². The van der Waals surface area contributed by atoms with Crippen molar-refractivity contribution in [2.45, 2.75) is 25.8 Å². The van der Waals surface area contributed by atoms with Crippen LogP contribution in [-0.4, -0.2) is 30.1 Å². The number of para-hydroxylation sites is 1. The Morgan fingerprint density at radius 1 is 1.35 bits per heavy atom. The van der Waals surface area contributed by atoms with Crippen LogP contribution in [-0.2, 0) is 4.74 Å². The molecule has 106 valence electrons. The van der Waals surface area contributed by atoms with Crippen LogP contribution in [0.25, 0.3) is 10.9 Å². The van der Waals surface area contributed by atoms with Gasteiger partial charge in [-0.25, -0.2) is 0 Å². The van der Waals surface area contributed by atoms with Gasteiger partial charge in [0.1, 0.15) is 0 Å². The van der Waals surface area contributed by atoms with Gasteiger partial charge in [-0.3, -0.25) is 4.79 Å². The molecule has 1 unspecified atom stereocenters. The Morgan fingerprint density at radius 3 is 2.95 bits per heavy atom. The van der Waals surface area contributed by atoms with E-state index in [1.54, 1.807) is 0 Å². The van der Waals surface area contributed by atoms with Crippen molar-refractivity contribution in [1.29, 1.82) is 0 Å². The molecular formula is C16H20N2O2. The predicted molar refractivity (Wildman–Crippen MR) is 78.8 cm³/mol. The van der Waals surface area contributed by atoms with Gasteiger partial charge in [0.25, 0.3) is 5.91 Å². The minimum Gasteiger partial charge on any atom is -0.381 e. The van der Waals surface area contributed by atoms with E-state index in [2.05, 4.69) is 17.2 Å². The van der Waals surface area contributed by atoms with Crippen molar-refractivity contribution in [2.75, 3.05) is 13.2 Å². The first-order valence-electron chi connectivity index (χ1n) is 7.20. The van der Waals surface area contributed by atoms with E-state index in [9.17, 15) is 4.79 Å². The van der Waals surface area contributed by atoms with Crippen molar-refractivity contribution in [1.82, 2.24) is 10.3 Å². The van der Waals surface area contributed by atoms with Crippen LogP contribution in [0.15, 0.2) is 30.5 Å². The Hall–Kier alpha value is -1.81. The van der Waals surface area contributed by atoms with E-state index in [1.807, 2.05) is 30.5 Å². The number of H-pyrrole nitrogens is 1. The third-order valence-electron chi connectivity index (χ3n) is 4.16. The summed E-state index contributed by atoms with van der Waals surface area (Å²) in [5.74, 6) is 0.507. The second-order valence-corrected chi connectivity index (χ2v) is 5.46. The van der Waals surface area contributed by atoms with Crippen LogP contribution in [0.5, 0.6) is 0 Å². The number of aromatic amines is 1. The molecule has 3 rings (SSSR count). The molecule has 1 aromatic carbocycles. The Balaban J connectivity index is 1.74. The highest BCUT2D eigenvalue weighted by Crippen LogP contribution is 2.20. The molecule has 4 nitrogen and oxygen atoms in total. The normalized spacial score (nSPS) is 18.1. The van der Waals surface area contributed by atoms with Crippen LogP contribution in [0.2, 0.25) is 0 Å². The summed E-state index contributed by atoms with van der Waals surface area (Å²) in [5.41, 5.74) is 1.62. The van der Waals surface area contributed by atoms with Crippen molar-refractivity contribution in [3.63, 3.8) is 0 Å².